The van der Waals surface area contributed by atoms with Gasteiger partial charge >= 0.3 is 0 Å². The summed E-state index contributed by atoms with van der Waals surface area (Å²) in [5.41, 5.74) is 0.641. The van der Waals surface area contributed by atoms with E-state index in [1.54, 1.807) is 18.2 Å². The molecule has 0 fully saturated rings. The molecule has 1 aromatic rings. The molecule has 0 bridgehead atoms. The first kappa shape index (κ1) is 12.7. The van der Waals surface area contributed by atoms with Crippen molar-refractivity contribution < 1.29 is 19.7 Å². The molecule has 2 N–H and O–H groups in total. The van der Waals surface area contributed by atoms with Gasteiger partial charge in [0.1, 0.15) is 19.3 Å². The molecule has 0 saturated heterocycles. The largest absolute Gasteiger partial charge is 0.486 e. The van der Waals surface area contributed by atoms with E-state index in [1.165, 1.54) is 0 Å². The first-order valence-corrected chi connectivity index (χ1v) is 6.66. The van der Waals surface area contributed by atoms with Gasteiger partial charge in [0.2, 0.25) is 0 Å². The van der Waals surface area contributed by atoms with Crippen LogP contribution in [-0.4, -0.2) is 34.9 Å². The van der Waals surface area contributed by atoms with Gasteiger partial charge in [0.05, 0.1) is 6.10 Å². The number of alkyl halides is 1. The summed E-state index contributed by atoms with van der Waals surface area (Å²) < 4.78 is 10.8. The minimum Gasteiger partial charge on any atom is -0.486 e. The Morgan fingerprint density at radius 3 is 2.59 bits per heavy atom. The lowest BCUT2D eigenvalue weighted by Gasteiger charge is -2.22. The van der Waals surface area contributed by atoms with Crippen molar-refractivity contribution in [3.63, 3.8) is 0 Å². The number of ether oxygens (including phenoxy) is 2. The van der Waals surface area contributed by atoms with Crippen LogP contribution in [0.2, 0.25) is 0 Å². The highest BCUT2D eigenvalue weighted by Crippen LogP contribution is 2.33. The van der Waals surface area contributed by atoms with Crippen molar-refractivity contribution in [2.45, 2.75) is 18.6 Å². The first-order chi connectivity index (χ1) is 8.22. The third-order valence-electron chi connectivity index (χ3n) is 2.68. The van der Waals surface area contributed by atoms with Crippen molar-refractivity contribution in [3.8, 4) is 11.5 Å². The number of benzene rings is 1. The SMILES string of the molecule is OC(CCBr)C(O)c1ccc2c(c1)OCCO2. The highest BCUT2D eigenvalue weighted by Gasteiger charge is 2.20. The summed E-state index contributed by atoms with van der Waals surface area (Å²) in [4.78, 5) is 0. The van der Waals surface area contributed by atoms with Crippen LogP contribution >= 0.6 is 15.9 Å². The highest BCUT2D eigenvalue weighted by molar-refractivity contribution is 9.09. The molecule has 0 saturated carbocycles. The number of aliphatic hydroxyl groups excluding tert-OH is 2. The van der Waals surface area contributed by atoms with Gasteiger partial charge in [-0.3, -0.25) is 0 Å². The Morgan fingerprint density at radius 1 is 1.18 bits per heavy atom. The smallest absolute Gasteiger partial charge is 0.161 e. The van der Waals surface area contributed by atoms with E-state index in [9.17, 15) is 10.2 Å². The van der Waals surface area contributed by atoms with Crippen molar-refractivity contribution in [1.29, 1.82) is 0 Å². The van der Waals surface area contributed by atoms with E-state index in [4.69, 9.17) is 9.47 Å². The Balaban J connectivity index is 2.15. The zero-order chi connectivity index (χ0) is 12.3. The lowest BCUT2D eigenvalue weighted by molar-refractivity contribution is 0.0171. The highest BCUT2D eigenvalue weighted by atomic mass is 79.9. The van der Waals surface area contributed by atoms with Crippen LogP contribution in [0.1, 0.15) is 18.1 Å². The summed E-state index contributed by atoms with van der Waals surface area (Å²) in [7, 11) is 0. The van der Waals surface area contributed by atoms with Crippen molar-refractivity contribution in [2.75, 3.05) is 18.5 Å². The number of rotatable bonds is 4. The van der Waals surface area contributed by atoms with Crippen LogP contribution in [0.3, 0.4) is 0 Å². The van der Waals surface area contributed by atoms with Crippen LogP contribution in [-0.2, 0) is 0 Å². The topological polar surface area (TPSA) is 58.9 Å². The minimum absolute atomic E-state index is 0.496. The molecule has 1 heterocycles. The molecule has 17 heavy (non-hydrogen) atoms. The average Bonchev–Trinajstić information content (AvgIpc) is 2.37. The van der Waals surface area contributed by atoms with E-state index in [0.29, 0.717) is 42.0 Å². The maximum absolute atomic E-state index is 9.95. The molecule has 0 aromatic heterocycles. The van der Waals surface area contributed by atoms with Crippen LogP contribution in [0, 0.1) is 0 Å². The van der Waals surface area contributed by atoms with Crippen LogP contribution in [0.15, 0.2) is 18.2 Å². The molecule has 1 aliphatic heterocycles. The summed E-state index contributed by atoms with van der Waals surface area (Å²) in [5, 5.41) is 20.3. The molecule has 0 radical (unpaired) electrons. The van der Waals surface area contributed by atoms with Gasteiger partial charge < -0.3 is 19.7 Å². The molecule has 1 aromatic carbocycles. The summed E-state index contributed by atoms with van der Waals surface area (Å²) >= 11 is 3.24. The molecule has 0 amide bonds. The predicted octanol–water partition coefficient (Wildman–Crippen LogP) is 1.64. The van der Waals surface area contributed by atoms with Crippen molar-refractivity contribution in [3.05, 3.63) is 23.8 Å². The monoisotopic (exact) mass is 302 g/mol. The summed E-state index contributed by atoms with van der Waals surface area (Å²) in [6.07, 6.45) is -1.18. The Morgan fingerprint density at radius 2 is 1.88 bits per heavy atom. The van der Waals surface area contributed by atoms with E-state index < -0.39 is 12.2 Å². The third-order valence-corrected chi connectivity index (χ3v) is 3.13. The van der Waals surface area contributed by atoms with Crippen LogP contribution in [0.25, 0.3) is 0 Å². The van der Waals surface area contributed by atoms with Gasteiger partial charge in [0, 0.05) is 5.33 Å². The standard InChI is InChI=1S/C12H15BrO4/c13-4-3-9(14)12(15)8-1-2-10-11(7-8)17-6-5-16-10/h1-2,7,9,12,14-15H,3-6H2. The molecule has 94 valence electrons. The van der Waals surface area contributed by atoms with Gasteiger partial charge in [-0.15, -0.1) is 0 Å². The lowest BCUT2D eigenvalue weighted by Crippen LogP contribution is -2.20. The average molecular weight is 303 g/mol. The molecule has 5 heteroatoms. The van der Waals surface area contributed by atoms with E-state index in [0.717, 1.165) is 0 Å². The Hall–Kier alpha value is -0.780. The number of halogens is 1. The molecule has 0 aliphatic carbocycles. The van der Waals surface area contributed by atoms with Crippen LogP contribution in [0.4, 0.5) is 0 Å². The quantitative estimate of drug-likeness (QED) is 0.830. The minimum atomic E-state index is -0.900. The van der Waals surface area contributed by atoms with Gasteiger partial charge in [-0.05, 0) is 24.1 Å². The second-order valence-electron chi connectivity index (χ2n) is 3.89. The summed E-state index contributed by atoms with van der Waals surface area (Å²) in [6, 6.07) is 5.22. The molecular weight excluding hydrogens is 288 g/mol. The van der Waals surface area contributed by atoms with Crippen molar-refractivity contribution in [2.24, 2.45) is 0 Å². The van der Waals surface area contributed by atoms with Crippen molar-refractivity contribution >= 4 is 15.9 Å². The lowest BCUT2D eigenvalue weighted by atomic mass is 10.0. The fraction of sp³-hybridized carbons (Fsp3) is 0.500. The molecule has 0 spiro atoms. The number of hydrogen-bond donors (Lipinski definition) is 2. The maximum Gasteiger partial charge on any atom is 0.161 e. The Labute approximate surface area is 108 Å². The predicted molar refractivity (Wildman–Crippen MR) is 66.8 cm³/mol. The number of hydrogen-bond acceptors (Lipinski definition) is 4. The Kier molecular flexibility index (Phi) is 4.25. The number of aliphatic hydroxyl groups is 2. The van der Waals surface area contributed by atoms with E-state index in [-0.39, 0.29) is 0 Å². The van der Waals surface area contributed by atoms with Gasteiger partial charge in [-0.2, -0.15) is 0 Å². The fourth-order valence-electron chi connectivity index (χ4n) is 1.74. The van der Waals surface area contributed by atoms with E-state index in [2.05, 4.69) is 15.9 Å². The molecule has 1 aliphatic rings. The molecule has 2 atom stereocenters. The molecular formula is C12H15BrO4. The normalized spacial score (nSPS) is 17.6. The maximum atomic E-state index is 9.95. The summed E-state index contributed by atoms with van der Waals surface area (Å²) in [6.45, 7) is 1.05. The van der Waals surface area contributed by atoms with Gasteiger partial charge in [-0.25, -0.2) is 0 Å². The van der Waals surface area contributed by atoms with Gasteiger partial charge in [-0.1, -0.05) is 22.0 Å². The van der Waals surface area contributed by atoms with E-state index in [1.807, 2.05) is 0 Å². The van der Waals surface area contributed by atoms with Gasteiger partial charge in [0.25, 0.3) is 0 Å². The van der Waals surface area contributed by atoms with Crippen LogP contribution < -0.4 is 9.47 Å². The fourth-order valence-corrected chi connectivity index (χ4v) is 2.20. The molecule has 4 nitrogen and oxygen atoms in total. The second-order valence-corrected chi connectivity index (χ2v) is 4.69. The second kappa shape index (κ2) is 5.71. The molecule has 2 unspecified atom stereocenters. The molecule has 2 rings (SSSR count). The zero-order valence-electron chi connectivity index (χ0n) is 9.30. The number of fused-ring (bicyclic) bond motifs is 1. The third kappa shape index (κ3) is 2.91. The first-order valence-electron chi connectivity index (χ1n) is 5.54. The van der Waals surface area contributed by atoms with Gasteiger partial charge in [0.15, 0.2) is 11.5 Å². The van der Waals surface area contributed by atoms with E-state index >= 15 is 0 Å². The zero-order valence-corrected chi connectivity index (χ0v) is 10.9. The summed E-state index contributed by atoms with van der Waals surface area (Å²) in [5.74, 6) is 1.31. The van der Waals surface area contributed by atoms with Crippen molar-refractivity contribution in [1.82, 2.24) is 0 Å². The van der Waals surface area contributed by atoms with Crippen LogP contribution in [0.5, 0.6) is 11.5 Å². The Bertz CT molecular complexity index is 383.